The smallest absolute Gasteiger partial charge is 0.253 e. The van der Waals surface area contributed by atoms with Crippen molar-refractivity contribution in [2.45, 2.75) is 25.8 Å². The molecule has 1 heterocycles. The Morgan fingerprint density at radius 1 is 1.25 bits per heavy atom. The van der Waals surface area contributed by atoms with Crippen molar-refractivity contribution in [1.29, 1.82) is 0 Å². The van der Waals surface area contributed by atoms with Gasteiger partial charge in [-0.1, -0.05) is 6.07 Å². The molecule has 1 aromatic rings. The maximum absolute atomic E-state index is 12.3. The van der Waals surface area contributed by atoms with E-state index in [0.29, 0.717) is 18.4 Å². The standard InChI is InChI=1S/C14H20N2O3S/c1-10-3-4-12(13(9-10)15-2)14(17)16-11-5-7-20(18,19)8-6-11/h3-4,9,11,15H,5-8H2,1-2H3,(H,16,17). The predicted octanol–water partition coefficient (Wildman–Crippen LogP) is 1.34. The molecule has 2 rings (SSSR count). The molecule has 110 valence electrons. The van der Waals surface area contributed by atoms with E-state index in [-0.39, 0.29) is 23.5 Å². The lowest BCUT2D eigenvalue weighted by molar-refractivity contribution is 0.0935. The molecule has 1 fully saturated rings. The van der Waals surface area contributed by atoms with Gasteiger partial charge in [0.15, 0.2) is 0 Å². The second kappa shape index (κ2) is 5.83. The van der Waals surface area contributed by atoms with E-state index in [1.165, 1.54) is 0 Å². The van der Waals surface area contributed by atoms with Gasteiger partial charge in [0.05, 0.1) is 17.1 Å². The van der Waals surface area contributed by atoms with Crippen molar-refractivity contribution in [3.63, 3.8) is 0 Å². The van der Waals surface area contributed by atoms with Gasteiger partial charge in [-0.3, -0.25) is 4.79 Å². The molecule has 2 N–H and O–H groups in total. The van der Waals surface area contributed by atoms with Crippen LogP contribution in [-0.2, 0) is 9.84 Å². The molecule has 1 aliphatic heterocycles. The summed E-state index contributed by atoms with van der Waals surface area (Å²) in [5, 5.41) is 5.93. The van der Waals surface area contributed by atoms with Crippen LogP contribution in [0.15, 0.2) is 18.2 Å². The van der Waals surface area contributed by atoms with Crippen LogP contribution in [0.3, 0.4) is 0 Å². The number of carbonyl (C=O) groups is 1. The summed E-state index contributed by atoms with van der Waals surface area (Å²) in [6.45, 7) is 1.97. The Kier molecular flexibility index (Phi) is 4.32. The first-order valence-corrected chi connectivity index (χ1v) is 8.53. The van der Waals surface area contributed by atoms with Crippen LogP contribution in [0.25, 0.3) is 0 Å². The summed E-state index contributed by atoms with van der Waals surface area (Å²) in [6, 6.07) is 5.54. The zero-order valence-corrected chi connectivity index (χ0v) is 12.6. The summed E-state index contributed by atoms with van der Waals surface area (Å²) in [7, 11) is -1.12. The Balaban J connectivity index is 2.06. The van der Waals surface area contributed by atoms with Crippen molar-refractivity contribution in [3.05, 3.63) is 29.3 Å². The lowest BCUT2D eigenvalue weighted by Gasteiger charge is -2.23. The summed E-state index contributed by atoms with van der Waals surface area (Å²) in [4.78, 5) is 12.3. The topological polar surface area (TPSA) is 75.3 Å². The van der Waals surface area contributed by atoms with E-state index in [1.54, 1.807) is 13.1 Å². The average Bonchev–Trinajstić information content (AvgIpc) is 2.40. The van der Waals surface area contributed by atoms with Crippen LogP contribution in [-0.4, -0.2) is 38.9 Å². The molecule has 0 bridgehead atoms. The fraction of sp³-hybridized carbons (Fsp3) is 0.500. The highest BCUT2D eigenvalue weighted by molar-refractivity contribution is 7.91. The second-order valence-electron chi connectivity index (χ2n) is 5.20. The zero-order valence-electron chi connectivity index (χ0n) is 11.8. The van der Waals surface area contributed by atoms with Gasteiger partial charge in [-0.25, -0.2) is 8.42 Å². The van der Waals surface area contributed by atoms with E-state index < -0.39 is 9.84 Å². The number of amides is 1. The van der Waals surface area contributed by atoms with Crippen molar-refractivity contribution in [2.75, 3.05) is 23.9 Å². The van der Waals surface area contributed by atoms with Crippen molar-refractivity contribution < 1.29 is 13.2 Å². The van der Waals surface area contributed by atoms with Gasteiger partial charge >= 0.3 is 0 Å². The molecule has 0 aliphatic carbocycles. The number of benzene rings is 1. The first kappa shape index (κ1) is 14.8. The van der Waals surface area contributed by atoms with Crippen molar-refractivity contribution >= 4 is 21.4 Å². The van der Waals surface area contributed by atoms with Gasteiger partial charge in [0.1, 0.15) is 9.84 Å². The summed E-state index contributed by atoms with van der Waals surface area (Å²) in [6.07, 6.45) is 0.990. The Hall–Kier alpha value is -1.56. The van der Waals surface area contributed by atoms with E-state index in [1.807, 2.05) is 19.1 Å². The molecule has 1 aliphatic rings. The number of hydrogen-bond donors (Lipinski definition) is 2. The number of aryl methyl sites for hydroxylation is 1. The first-order valence-electron chi connectivity index (χ1n) is 6.71. The van der Waals surface area contributed by atoms with Gasteiger partial charge in [0.25, 0.3) is 5.91 Å². The Bertz CT molecular complexity index is 597. The molecule has 0 unspecified atom stereocenters. The van der Waals surface area contributed by atoms with E-state index >= 15 is 0 Å². The lowest BCUT2D eigenvalue weighted by atomic mass is 10.1. The molecule has 0 atom stereocenters. The molecular formula is C14H20N2O3S. The maximum atomic E-state index is 12.3. The third kappa shape index (κ3) is 3.50. The van der Waals surface area contributed by atoms with E-state index in [4.69, 9.17) is 0 Å². The van der Waals surface area contributed by atoms with Crippen molar-refractivity contribution in [3.8, 4) is 0 Å². The molecule has 6 heteroatoms. The number of carbonyl (C=O) groups excluding carboxylic acids is 1. The largest absolute Gasteiger partial charge is 0.387 e. The first-order chi connectivity index (χ1) is 9.41. The maximum Gasteiger partial charge on any atom is 0.253 e. The fourth-order valence-corrected chi connectivity index (χ4v) is 3.85. The quantitative estimate of drug-likeness (QED) is 0.882. The molecule has 20 heavy (non-hydrogen) atoms. The molecule has 0 spiro atoms. The number of rotatable bonds is 3. The third-order valence-corrected chi connectivity index (χ3v) is 5.29. The number of hydrogen-bond acceptors (Lipinski definition) is 4. The SMILES string of the molecule is CNc1cc(C)ccc1C(=O)NC1CCS(=O)(=O)CC1. The van der Waals surface area contributed by atoms with Crippen LogP contribution >= 0.6 is 0 Å². The number of sulfone groups is 1. The molecule has 0 aromatic heterocycles. The Morgan fingerprint density at radius 3 is 2.50 bits per heavy atom. The lowest BCUT2D eigenvalue weighted by Crippen LogP contribution is -2.41. The van der Waals surface area contributed by atoms with Gasteiger partial charge in [0, 0.05) is 18.8 Å². The highest BCUT2D eigenvalue weighted by Crippen LogP contribution is 2.18. The van der Waals surface area contributed by atoms with Crippen molar-refractivity contribution in [2.24, 2.45) is 0 Å². The normalized spacial score (nSPS) is 18.5. The van der Waals surface area contributed by atoms with Gasteiger partial charge in [-0.2, -0.15) is 0 Å². The van der Waals surface area contributed by atoms with E-state index in [0.717, 1.165) is 11.3 Å². The minimum Gasteiger partial charge on any atom is -0.387 e. The third-order valence-electron chi connectivity index (χ3n) is 3.58. The number of nitrogens with one attached hydrogen (secondary N) is 2. The minimum atomic E-state index is -2.90. The summed E-state index contributed by atoms with van der Waals surface area (Å²) >= 11 is 0. The van der Waals surface area contributed by atoms with Crippen LogP contribution in [0.1, 0.15) is 28.8 Å². The summed E-state index contributed by atoms with van der Waals surface area (Å²) < 4.78 is 22.7. The van der Waals surface area contributed by atoms with Gasteiger partial charge in [-0.15, -0.1) is 0 Å². The molecule has 0 saturated carbocycles. The minimum absolute atomic E-state index is 0.0583. The average molecular weight is 296 g/mol. The molecule has 1 amide bonds. The predicted molar refractivity (Wildman–Crippen MR) is 79.9 cm³/mol. The Labute approximate surface area is 119 Å². The monoisotopic (exact) mass is 296 g/mol. The zero-order chi connectivity index (χ0) is 14.8. The molecule has 1 saturated heterocycles. The van der Waals surface area contributed by atoms with Crippen molar-refractivity contribution in [1.82, 2.24) is 5.32 Å². The van der Waals surface area contributed by atoms with Crippen LogP contribution in [0, 0.1) is 6.92 Å². The second-order valence-corrected chi connectivity index (χ2v) is 7.50. The summed E-state index contributed by atoms with van der Waals surface area (Å²) in [5.74, 6) is 0.161. The van der Waals surface area contributed by atoms with Gasteiger partial charge < -0.3 is 10.6 Å². The van der Waals surface area contributed by atoms with Crippen LogP contribution in [0.2, 0.25) is 0 Å². The molecular weight excluding hydrogens is 276 g/mol. The Morgan fingerprint density at radius 2 is 1.90 bits per heavy atom. The van der Waals surface area contributed by atoms with E-state index in [9.17, 15) is 13.2 Å². The van der Waals surface area contributed by atoms with Crippen LogP contribution < -0.4 is 10.6 Å². The summed E-state index contributed by atoms with van der Waals surface area (Å²) in [5.41, 5.74) is 2.45. The van der Waals surface area contributed by atoms with Crippen LogP contribution in [0.4, 0.5) is 5.69 Å². The highest BCUT2D eigenvalue weighted by Gasteiger charge is 2.25. The van der Waals surface area contributed by atoms with Gasteiger partial charge in [0.2, 0.25) is 0 Å². The van der Waals surface area contributed by atoms with Gasteiger partial charge in [-0.05, 0) is 37.5 Å². The molecule has 0 radical (unpaired) electrons. The molecule has 1 aromatic carbocycles. The molecule has 5 nitrogen and oxygen atoms in total. The fourth-order valence-electron chi connectivity index (χ4n) is 2.36. The number of anilines is 1. The highest BCUT2D eigenvalue weighted by atomic mass is 32.2. The van der Waals surface area contributed by atoms with E-state index in [2.05, 4.69) is 10.6 Å². The van der Waals surface area contributed by atoms with Crippen LogP contribution in [0.5, 0.6) is 0 Å².